The van der Waals surface area contributed by atoms with Gasteiger partial charge in [0.15, 0.2) is 5.82 Å². The molecule has 116 valence electrons. The van der Waals surface area contributed by atoms with Crippen molar-refractivity contribution in [3.8, 4) is 0 Å². The van der Waals surface area contributed by atoms with Gasteiger partial charge in [0.05, 0.1) is 0 Å². The molecule has 0 unspecified atom stereocenters. The third-order valence-corrected chi connectivity index (χ3v) is 4.19. The fourth-order valence-electron chi connectivity index (χ4n) is 2.84. The lowest BCUT2D eigenvalue weighted by atomic mass is 9.95. The largest absolute Gasteiger partial charge is 0.372 e. The van der Waals surface area contributed by atoms with Gasteiger partial charge in [-0.1, -0.05) is 5.16 Å². The first-order chi connectivity index (χ1) is 10.3. The number of aromatic nitrogens is 2. The molecule has 1 saturated heterocycles. The molecular formula is C15H23N3O3. The van der Waals surface area contributed by atoms with Crippen molar-refractivity contribution in [2.75, 3.05) is 26.3 Å². The number of likely N-dealkylation sites (tertiary alicyclic amines) is 1. The van der Waals surface area contributed by atoms with E-state index in [1.165, 1.54) is 12.8 Å². The van der Waals surface area contributed by atoms with E-state index in [4.69, 9.17) is 9.26 Å². The quantitative estimate of drug-likeness (QED) is 0.799. The van der Waals surface area contributed by atoms with Crippen LogP contribution in [0, 0.1) is 5.92 Å². The van der Waals surface area contributed by atoms with E-state index < -0.39 is 0 Å². The molecule has 1 aliphatic heterocycles. The Labute approximate surface area is 124 Å². The lowest BCUT2D eigenvalue weighted by Gasteiger charge is -2.32. The zero-order valence-electron chi connectivity index (χ0n) is 12.6. The maximum Gasteiger partial charge on any atom is 0.248 e. The Kier molecular flexibility index (Phi) is 4.53. The first kappa shape index (κ1) is 14.5. The second-order valence-electron chi connectivity index (χ2n) is 6.01. The molecule has 1 saturated carbocycles. The molecule has 1 amide bonds. The second-order valence-corrected chi connectivity index (χ2v) is 6.01. The number of rotatable bonds is 6. The van der Waals surface area contributed by atoms with Gasteiger partial charge in [-0.2, -0.15) is 4.98 Å². The van der Waals surface area contributed by atoms with Crippen LogP contribution < -0.4 is 0 Å². The van der Waals surface area contributed by atoms with Gasteiger partial charge in [0.1, 0.15) is 6.61 Å². The summed E-state index contributed by atoms with van der Waals surface area (Å²) in [7, 11) is 0. The molecule has 0 aromatic carbocycles. The maximum atomic E-state index is 12.0. The summed E-state index contributed by atoms with van der Waals surface area (Å²) in [6, 6.07) is 0. The number of hydrogen-bond donors (Lipinski definition) is 0. The summed E-state index contributed by atoms with van der Waals surface area (Å²) in [6.07, 6.45) is 5.29. The molecule has 0 spiro atoms. The van der Waals surface area contributed by atoms with Gasteiger partial charge in [-0.25, -0.2) is 0 Å². The lowest BCUT2D eigenvalue weighted by molar-refractivity contribution is -0.137. The Morgan fingerprint density at radius 3 is 3.05 bits per heavy atom. The maximum absolute atomic E-state index is 12.0. The van der Waals surface area contributed by atoms with E-state index >= 15 is 0 Å². The SMILES string of the molecule is CCOCC(=O)N1CCC[C@H](Cc2nc(C3CC3)no2)C1. The number of nitrogens with zero attached hydrogens (tertiary/aromatic N) is 3. The van der Waals surface area contributed by atoms with Crippen molar-refractivity contribution in [1.29, 1.82) is 0 Å². The van der Waals surface area contributed by atoms with Crippen LogP contribution in [0.3, 0.4) is 0 Å². The van der Waals surface area contributed by atoms with Crippen molar-refractivity contribution < 1.29 is 14.1 Å². The van der Waals surface area contributed by atoms with Gasteiger partial charge in [-0.3, -0.25) is 4.79 Å². The summed E-state index contributed by atoms with van der Waals surface area (Å²) in [6.45, 7) is 4.27. The summed E-state index contributed by atoms with van der Waals surface area (Å²) in [4.78, 5) is 18.4. The molecule has 2 fully saturated rings. The van der Waals surface area contributed by atoms with E-state index in [2.05, 4.69) is 10.1 Å². The number of amides is 1. The topological polar surface area (TPSA) is 68.5 Å². The molecule has 1 aromatic rings. The van der Waals surface area contributed by atoms with Crippen molar-refractivity contribution in [2.24, 2.45) is 5.92 Å². The fraction of sp³-hybridized carbons (Fsp3) is 0.800. The van der Waals surface area contributed by atoms with Gasteiger partial charge in [0.2, 0.25) is 11.8 Å². The molecule has 2 heterocycles. The van der Waals surface area contributed by atoms with Crippen molar-refractivity contribution in [2.45, 2.75) is 44.9 Å². The van der Waals surface area contributed by atoms with Crippen LogP contribution in [0.15, 0.2) is 4.52 Å². The highest BCUT2D eigenvalue weighted by molar-refractivity contribution is 5.77. The second kappa shape index (κ2) is 6.56. The first-order valence-corrected chi connectivity index (χ1v) is 7.94. The molecule has 2 aliphatic rings. The molecule has 1 aromatic heterocycles. The molecule has 6 nitrogen and oxygen atoms in total. The first-order valence-electron chi connectivity index (χ1n) is 7.94. The van der Waals surface area contributed by atoms with E-state index in [9.17, 15) is 4.79 Å². The molecule has 3 rings (SSSR count). The minimum atomic E-state index is 0.0887. The van der Waals surface area contributed by atoms with Gasteiger partial charge in [-0.05, 0) is 38.5 Å². The minimum Gasteiger partial charge on any atom is -0.372 e. The number of carbonyl (C=O) groups is 1. The number of carbonyl (C=O) groups excluding carboxylic acids is 1. The predicted molar refractivity (Wildman–Crippen MR) is 75.8 cm³/mol. The van der Waals surface area contributed by atoms with E-state index in [0.29, 0.717) is 18.4 Å². The van der Waals surface area contributed by atoms with Crippen molar-refractivity contribution >= 4 is 5.91 Å². The van der Waals surface area contributed by atoms with Gasteiger partial charge in [0.25, 0.3) is 0 Å². The number of ether oxygens (including phenoxy) is 1. The molecule has 1 aliphatic carbocycles. The Morgan fingerprint density at radius 1 is 1.43 bits per heavy atom. The number of piperidine rings is 1. The third-order valence-electron chi connectivity index (χ3n) is 4.19. The average Bonchev–Trinajstić information content (AvgIpc) is 3.25. The van der Waals surface area contributed by atoms with Gasteiger partial charge in [0, 0.05) is 32.0 Å². The van der Waals surface area contributed by atoms with Gasteiger partial charge >= 0.3 is 0 Å². The number of hydrogen-bond acceptors (Lipinski definition) is 5. The Balaban J connectivity index is 1.51. The average molecular weight is 293 g/mol. The minimum absolute atomic E-state index is 0.0887. The third kappa shape index (κ3) is 3.81. The summed E-state index contributed by atoms with van der Waals surface area (Å²) in [5.41, 5.74) is 0. The van der Waals surface area contributed by atoms with Crippen LogP contribution >= 0.6 is 0 Å². The van der Waals surface area contributed by atoms with Crippen molar-refractivity contribution in [1.82, 2.24) is 15.0 Å². The summed E-state index contributed by atoms with van der Waals surface area (Å²) in [5.74, 6) is 2.62. The molecule has 1 atom stereocenters. The molecule has 0 radical (unpaired) electrons. The lowest BCUT2D eigenvalue weighted by Crippen LogP contribution is -2.42. The molecule has 6 heteroatoms. The van der Waals surface area contributed by atoms with Crippen LogP contribution in [0.1, 0.15) is 50.2 Å². The highest BCUT2D eigenvalue weighted by Crippen LogP contribution is 2.38. The van der Waals surface area contributed by atoms with E-state index in [0.717, 1.165) is 44.1 Å². The van der Waals surface area contributed by atoms with E-state index in [1.54, 1.807) is 0 Å². The van der Waals surface area contributed by atoms with Crippen LogP contribution in [0.25, 0.3) is 0 Å². The van der Waals surface area contributed by atoms with Gasteiger partial charge in [-0.15, -0.1) is 0 Å². The van der Waals surface area contributed by atoms with Crippen LogP contribution in [0.5, 0.6) is 0 Å². The fourth-order valence-corrected chi connectivity index (χ4v) is 2.84. The highest BCUT2D eigenvalue weighted by atomic mass is 16.5. The zero-order valence-corrected chi connectivity index (χ0v) is 12.6. The smallest absolute Gasteiger partial charge is 0.248 e. The Bertz CT molecular complexity index is 484. The predicted octanol–water partition coefficient (Wildman–Crippen LogP) is 1.76. The van der Waals surface area contributed by atoms with Crippen LogP contribution in [0.2, 0.25) is 0 Å². The highest BCUT2D eigenvalue weighted by Gasteiger charge is 2.30. The molecular weight excluding hydrogens is 270 g/mol. The van der Waals surface area contributed by atoms with Crippen LogP contribution in [-0.4, -0.2) is 47.3 Å². The van der Waals surface area contributed by atoms with E-state index in [1.807, 2.05) is 11.8 Å². The zero-order chi connectivity index (χ0) is 14.7. The van der Waals surface area contributed by atoms with Crippen molar-refractivity contribution in [3.63, 3.8) is 0 Å². The summed E-state index contributed by atoms with van der Waals surface area (Å²) >= 11 is 0. The molecule has 0 N–H and O–H groups in total. The molecule has 0 bridgehead atoms. The summed E-state index contributed by atoms with van der Waals surface area (Å²) in [5, 5.41) is 4.05. The summed E-state index contributed by atoms with van der Waals surface area (Å²) < 4.78 is 10.5. The Hall–Kier alpha value is -1.43. The van der Waals surface area contributed by atoms with Gasteiger partial charge < -0.3 is 14.2 Å². The molecule has 21 heavy (non-hydrogen) atoms. The normalized spacial score (nSPS) is 22.5. The van der Waals surface area contributed by atoms with Crippen LogP contribution in [-0.2, 0) is 16.0 Å². The van der Waals surface area contributed by atoms with Crippen molar-refractivity contribution in [3.05, 3.63) is 11.7 Å². The monoisotopic (exact) mass is 293 g/mol. The standard InChI is InChI=1S/C15H23N3O3/c1-2-20-10-14(19)18-7-3-4-11(9-18)8-13-16-15(17-21-13)12-5-6-12/h11-12H,2-10H2,1H3/t11-/m1/s1. The van der Waals surface area contributed by atoms with Crippen LogP contribution in [0.4, 0.5) is 0 Å². The van der Waals surface area contributed by atoms with E-state index in [-0.39, 0.29) is 12.5 Å². The Morgan fingerprint density at radius 2 is 2.29 bits per heavy atom.